The zero-order valence-corrected chi connectivity index (χ0v) is 18.5. The quantitative estimate of drug-likeness (QED) is 0.299. The van der Waals surface area contributed by atoms with Crippen LogP contribution in [0.2, 0.25) is 5.02 Å². The highest BCUT2D eigenvalue weighted by molar-refractivity contribution is 7.97. The Labute approximate surface area is 190 Å². The van der Waals surface area contributed by atoms with Gasteiger partial charge < -0.3 is 5.11 Å². The van der Waals surface area contributed by atoms with Crippen molar-refractivity contribution in [2.75, 3.05) is 13.7 Å². The zero-order valence-electron chi connectivity index (χ0n) is 16.9. The molecule has 1 aliphatic rings. The van der Waals surface area contributed by atoms with E-state index in [1.807, 2.05) is 42.5 Å². The van der Waals surface area contributed by atoms with E-state index in [0.29, 0.717) is 10.6 Å². The van der Waals surface area contributed by atoms with Gasteiger partial charge in [-0.05, 0) is 64.9 Å². The van der Waals surface area contributed by atoms with Crippen LogP contribution in [0.1, 0.15) is 11.1 Å². The monoisotopic (exact) mass is 457 g/mol. The molecule has 1 N–H and O–H groups in total. The molecule has 8 heteroatoms. The normalized spacial score (nSPS) is 12.8. The number of halogens is 1. The Kier molecular flexibility index (Phi) is 8.06. The van der Waals surface area contributed by atoms with Crippen molar-refractivity contribution < 1.29 is 19.7 Å². The van der Waals surface area contributed by atoms with Gasteiger partial charge in [0.2, 0.25) is 0 Å². The Balaban J connectivity index is 0.000000858. The third-order valence-electron chi connectivity index (χ3n) is 4.81. The van der Waals surface area contributed by atoms with Crippen LogP contribution in [0.25, 0.3) is 11.1 Å². The average molecular weight is 458 g/mol. The van der Waals surface area contributed by atoms with Gasteiger partial charge in [-0.15, -0.1) is 0 Å². The third-order valence-corrected chi connectivity index (χ3v) is 6.11. The largest absolute Gasteiger partial charge is 0.483 e. The number of hydrogen-bond donors (Lipinski definition) is 1. The maximum atomic E-state index is 11.7. The van der Waals surface area contributed by atoms with Gasteiger partial charge in [-0.2, -0.15) is 0 Å². The van der Waals surface area contributed by atoms with Crippen molar-refractivity contribution in [2.24, 2.45) is 0 Å². The maximum Gasteiger partial charge on any atom is 0.317 e. The summed E-state index contributed by atoms with van der Waals surface area (Å²) in [6.07, 6.45) is 0.970. The smallest absolute Gasteiger partial charge is 0.317 e. The van der Waals surface area contributed by atoms with E-state index >= 15 is 0 Å². The number of hydrogen-bond acceptors (Lipinski definition) is 5. The van der Waals surface area contributed by atoms with Crippen molar-refractivity contribution in [1.82, 2.24) is 4.31 Å². The summed E-state index contributed by atoms with van der Waals surface area (Å²) in [6, 6.07) is 22.2. The molecule has 0 saturated heterocycles. The molecule has 3 aromatic carbocycles. The summed E-state index contributed by atoms with van der Waals surface area (Å²) in [6.45, 7) is 1.52. The Bertz CT molecular complexity index is 1040. The van der Waals surface area contributed by atoms with E-state index in [1.165, 1.54) is 28.7 Å². The lowest BCUT2D eigenvalue weighted by Gasteiger charge is -2.27. The minimum atomic E-state index is -0.250. The highest BCUT2D eigenvalue weighted by Crippen LogP contribution is 2.32. The van der Waals surface area contributed by atoms with Crippen molar-refractivity contribution in [1.29, 1.82) is 0 Å². The first kappa shape index (κ1) is 22.8. The fraction of sp³-hybridized carbons (Fsp3) is 0.174. The third kappa shape index (κ3) is 6.07. The first-order valence-corrected chi connectivity index (χ1v) is 10.7. The summed E-state index contributed by atoms with van der Waals surface area (Å²) < 4.78 is 2.32. The van der Waals surface area contributed by atoms with Crippen LogP contribution in [0.5, 0.6) is 0 Å². The van der Waals surface area contributed by atoms with Crippen molar-refractivity contribution in [3.05, 3.63) is 87.8 Å². The fourth-order valence-corrected chi connectivity index (χ4v) is 4.38. The molecular weight excluding hydrogens is 436 g/mol. The molecule has 0 aromatic heterocycles. The lowest BCUT2D eigenvalue weighted by Crippen LogP contribution is -2.24. The Hall–Kier alpha value is -2.87. The molecule has 31 heavy (non-hydrogen) atoms. The van der Waals surface area contributed by atoms with E-state index in [0.717, 1.165) is 30.1 Å². The molecule has 0 aliphatic carbocycles. The zero-order chi connectivity index (χ0) is 22.2. The number of carbonyl (C=O) groups is 1. The summed E-state index contributed by atoms with van der Waals surface area (Å²) >= 11 is 7.71. The van der Waals surface area contributed by atoms with Crippen LogP contribution in [0, 0.1) is 4.91 Å². The van der Waals surface area contributed by atoms with Crippen LogP contribution in [0.4, 0.5) is 5.69 Å². The van der Waals surface area contributed by atoms with Gasteiger partial charge in [0.05, 0.1) is 4.91 Å². The van der Waals surface area contributed by atoms with Gasteiger partial charge in [-0.3, -0.25) is 4.79 Å². The second-order valence-corrected chi connectivity index (χ2v) is 8.34. The van der Waals surface area contributed by atoms with Gasteiger partial charge in [0.1, 0.15) is 0 Å². The van der Waals surface area contributed by atoms with Gasteiger partial charge in [-0.1, -0.05) is 41.9 Å². The van der Waals surface area contributed by atoms with Gasteiger partial charge in [0.15, 0.2) is 7.11 Å². The van der Waals surface area contributed by atoms with Gasteiger partial charge in [0.25, 0.3) is 11.4 Å². The van der Waals surface area contributed by atoms with E-state index in [9.17, 15) is 4.91 Å². The molecule has 160 valence electrons. The number of rotatable bonds is 5. The molecule has 3 aromatic rings. The van der Waals surface area contributed by atoms with E-state index in [2.05, 4.69) is 28.6 Å². The molecule has 0 unspecified atom stereocenters. The molecule has 4 rings (SSSR count). The lowest BCUT2D eigenvalue weighted by molar-refractivity contribution is -0.736. The molecule has 0 spiro atoms. The van der Waals surface area contributed by atoms with Crippen LogP contribution < -0.4 is 0 Å². The number of nitrogens with zero attached hydrogens (tertiary/aromatic N) is 2. The van der Waals surface area contributed by atoms with Crippen LogP contribution in [-0.4, -0.2) is 34.5 Å². The molecule has 0 fully saturated rings. The molecule has 0 bridgehead atoms. The Morgan fingerprint density at radius 1 is 1.03 bits per heavy atom. The van der Waals surface area contributed by atoms with Crippen LogP contribution in [0.3, 0.4) is 0 Å². The Morgan fingerprint density at radius 2 is 1.65 bits per heavy atom. The second-order valence-electron chi connectivity index (χ2n) is 6.73. The topological polar surface area (TPSA) is 69.9 Å². The Morgan fingerprint density at radius 3 is 2.26 bits per heavy atom. The molecule has 1 aliphatic heterocycles. The SMILES string of the molecule is CO[N+](=O)c1ccc2c(c1)CN(Sc1ccc(-c3ccc(Cl)cc3)cc1)CC2.O=CO. The minimum Gasteiger partial charge on any atom is -0.483 e. The van der Waals surface area contributed by atoms with Crippen molar-refractivity contribution in [3.63, 3.8) is 0 Å². The van der Waals surface area contributed by atoms with Crippen molar-refractivity contribution in [3.8, 4) is 11.1 Å². The van der Waals surface area contributed by atoms with E-state index in [1.54, 1.807) is 11.9 Å². The van der Waals surface area contributed by atoms with E-state index in [-0.39, 0.29) is 6.47 Å². The molecule has 6 nitrogen and oxygen atoms in total. The van der Waals surface area contributed by atoms with E-state index in [4.69, 9.17) is 26.3 Å². The van der Waals surface area contributed by atoms with Crippen LogP contribution in [0.15, 0.2) is 71.6 Å². The summed E-state index contributed by atoms with van der Waals surface area (Å²) in [4.78, 5) is 26.6. The summed E-state index contributed by atoms with van der Waals surface area (Å²) in [5.41, 5.74) is 5.32. The number of carboxylic acid groups (broad SMARTS) is 1. The van der Waals surface area contributed by atoms with Gasteiger partial charge >= 0.3 is 5.69 Å². The number of benzene rings is 3. The second kappa shape index (κ2) is 10.9. The molecule has 0 radical (unpaired) electrons. The predicted octanol–water partition coefficient (Wildman–Crippen LogP) is 5.75. The summed E-state index contributed by atoms with van der Waals surface area (Å²) in [7, 11) is 1.38. The maximum absolute atomic E-state index is 11.7. The highest BCUT2D eigenvalue weighted by atomic mass is 35.5. The van der Waals surface area contributed by atoms with E-state index < -0.39 is 0 Å². The predicted molar refractivity (Wildman–Crippen MR) is 122 cm³/mol. The first-order chi connectivity index (χ1) is 15.0. The average Bonchev–Trinajstić information content (AvgIpc) is 2.80. The van der Waals surface area contributed by atoms with Crippen LogP contribution >= 0.6 is 23.5 Å². The number of fused-ring (bicyclic) bond motifs is 1. The standard InChI is InChI=1S/C22H20ClN2O2S.CH2O2/c1-27-25(26)21-9-4-18-12-13-24(15-19(18)14-21)28-22-10-5-17(6-11-22)16-2-7-20(23)8-3-16;2-1-3/h2-11,14H,12-13,15H2,1H3;1H,(H,2,3)/q+1;. The van der Waals surface area contributed by atoms with Crippen molar-refractivity contribution >= 4 is 35.7 Å². The molecule has 0 saturated carbocycles. The summed E-state index contributed by atoms with van der Waals surface area (Å²) in [5, 5.41) is 7.63. The van der Waals surface area contributed by atoms with Gasteiger partial charge in [0, 0.05) is 35.1 Å². The summed E-state index contributed by atoms with van der Waals surface area (Å²) in [5.74, 6) is 0. The van der Waals surface area contributed by atoms with Gasteiger partial charge in [-0.25, -0.2) is 9.14 Å². The lowest BCUT2D eigenvalue weighted by atomic mass is 10.0. The highest BCUT2D eigenvalue weighted by Gasteiger charge is 2.22. The first-order valence-electron chi connectivity index (χ1n) is 9.54. The molecular formula is C23H22ClN2O4S+. The molecule has 1 heterocycles. The molecule has 0 amide bonds. The van der Waals surface area contributed by atoms with Crippen LogP contribution in [-0.2, 0) is 22.6 Å². The minimum absolute atomic E-state index is 0.250. The van der Waals surface area contributed by atoms with Crippen molar-refractivity contribution in [2.45, 2.75) is 17.9 Å². The fourth-order valence-electron chi connectivity index (χ4n) is 3.31. The molecule has 0 atom stereocenters.